The van der Waals surface area contributed by atoms with Crippen LogP contribution in [0.4, 0.5) is 29.3 Å². The molecule has 0 fully saturated rings. The number of aromatic nitrogens is 1. The molecule has 8 nitrogen and oxygen atoms in total. The van der Waals surface area contributed by atoms with E-state index in [-0.39, 0.29) is 17.3 Å². The van der Waals surface area contributed by atoms with Gasteiger partial charge in [0.25, 0.3) is 0 Å². The maximum absolute atomic E-state index is 12.4. The number of benzene rings is 2. The maximum atomic E-state index is 12.4. The number of rotatable bonds is 5. The summed E-state index contributed by atoms with van der Waals surface area (Å²) in [6.07, 6.45) is -3.31. The lowest BCUT2D eigenvalue weighted by Crippen LogP contribution is -2.29. The number of alkyl halides is 3. The normalized spacial score (nSPS) is 13.8. The molecular weight excluding hydrogens is 443 g/mol. The number of urea groups is 1. The van der Waals surface area contributed by atoms with Gasteiger partial charge >= 0.3 is 12.4 Å². The predicted octanol–water partition coefficient (Wildman–Crippen LogP) is 5.92. The molecule has 33 heavy (non-hydrogen) atoms. The van der Waals surface area contributed by atoms with E-state index in [1.165, 1.54) is 18.3 Å². The third-order valence-electron chi connectivity index (χ3n) is 4.22. The second kappa shape index (κ2) is 8.41. The molecule has 0 saturated carbocycles. The molecule has 0 unspecified atom stereocenters. The molecule has 0 aliphatic carbocycles. The van der Waals surface area contributed by atoms with Gasteiger partial charge in [0.05, 0.1) is 0 Å². The SMILES string of the molecule is CC1(C)Oc2cccc(Oc3ncccc3NC(=O)Nc3ccc(OC(F)(F)F)cc3)c2O1. The fourth-order valence-corrected chi connectivity index (χ4v) is 2.98. The molecule has 172 valence electrons. The third-order valence-corrected chi connectivity index (χ3v) is 4.22. The Morgan fingerprint density at radius 3 is 2.48 bits per heavy atom. The van der Waals surface area contributed by atoms with Crippen LogP contribution in [0.3, 0.4) is 0 Å². The van der Waals surface area contributed by atoms with Gasteiger partial charge in [-0.2, -0.15) is 0 Å². The predicted molar refractivity (Wildman–Crippen MR) is 112 cm³/mol. The molecule has 2 aromatic carbocycles. The minimum absolute atomic E-state index is 0.100. The lowest BCUT2D eigenvalue weighted by atomic mass is 10.3. The Morgan fingerprint density at radius 1 is 1.00 bits per heavy atom. The van der Waals surface area contributed by atoms with Crippen LogP contribution < -0.4 is 29.6 Å². The van der Waals surface area contributed by atoms with Crippen LogP contribution in [0.15, 0.2) is 60.8 Å². The van der Waals surface area contributed by atoms with E-state index in [1.807, 2.05) is 0 Å². The molecule has 0 radical (unpaired) electrons. The Kier molecular flexibility index (Phi) is 5.62. The third kappa shape index (κ3) is 5.56. The molecule has 1 aliphatic heterocycles. The number of carbonyl (C=O) groups is 1. The van der Waals surface area contributed by atoms with Gasteiger partial charge in [0.15, 0.2) is 11.5 Å². The molecule has 1 aliphatic rings. The molecule has 1 aromatic heterocycles. The average Bonchev–Trinajstić information content (AvgIpc) is 3.05. The number of carbonyl (C=O) groups excluding carboxylic acids is 1. The summed E-state index contributed by atoms with van der Waals surface area (Å²) in [7, 11) is 0. The van der Waals surface area contributed by atoms with E-state index in [2.05, 4.69) is 20.4 Å². The molecule has 2 heterocycles. The van der Waals surface area contributed by atoms with Gasteiger partial charge in [-0.1, -0.05) is 6.07 Å². The van der Waals surface area contributed by atoms with Gasteiger partial charge in [-0.3, -0.25) is 0 Å². The van der Waals surface area contributed by atoms with Crippen molar-refractivity contribution in [2.75, 3.05) is 10.6 Å². The number of nitrogens with zero attached hydrogens (tertiary/aromatic N) is 1. The van der Waals surface area contributed by atoms with Crippen molar-refractivity contribution >= 4 is 17.4 Å². The molecule has 0 bridgehead atoms. The Morgan fingerprint density at radius 2 is 1.76 bits per heavy atom. The smallest absolute Gasteiger partial charge is 0.449 e. The minimum atomic E-state index is -4.80. The van der Waals surface area contributed by atoms with Gasteiger partial charge in [-0.15, -0.1) is 13.2 Å². The zero-order chi connectivity index (χ0) is 23.6. The topological polar surface area (TPSA) is 90.9 Å². The highest BCUT2D eigenvalue weighted by Crippen LogP contribution is 2.47. The first-order valence-electron chi connectivity index (χ1n) is 9.66. The van der Waals surface area contributed by atoms with E-state index in [0.29, 0.717) is 17.2 Å². The van der Waals surface area contributed by atoms with Crippen LogP contribution in [0.2, 0.25) is 0 Å². The zero-order valence-corrected chi connectivity index (χ0v) is 17.4. The van der Waals surface area contributed by atoms with Crippen molar-refractivity contribution in [1.29, 1.82) is 0 Å². The van der Waals surface area contributed by atoms with Crippen molar-refractivity contribution in [3.63, 3.8) is 0 Å². The van der Waals surface area contributed by atoms with Crippen molar-refractivity contribution in [2.45, 2.75) is 26.0 Å². The summed E-state index contributed by atoms with van der Waals surface area (Å²) < 4.78 is 58.0. The van der Waals surface area contributed by atoms with Crippen molar-refractivity contribution < 1.29 is 36.9 Å². The highest BCUT2D eigenvalue weighted by atomic mass is 19.4. The summed E-state index contributed by atoms with van der Waals surface area (Å²) in [5, 5.41) is 5.10. The van der Waals surface area contributed by atoms with Gasteiger partial charge < -0.3 is 29.6 Å². The highest BCUT2D eigenvalue weighted by molar-refractivity contribution is 6.00. The van der Waals surface area contributed by atoms with Gasteiger partial charge in [0.1, 0.15) is 11.4 Å². The first-order valence-corrected chi connectivity index (χ1v) is 9.66. The Balaban J connectivity index is 1.45. The number of hydrogen-bond acceptors (Lipinski definition) is 6. The number of anilines is 2. The quantitative estimate of drug-likeness (QED) is 0.490. The fourth-order valence-electron chi connectivity index (χ4n) is 2.98. The molecule has 0 saturated heterocycles. The van der Waals surface area contributed by atoms with E-state index in [9.17, 15) is 18.0 Å². The number of halogens is 3. The number of hydrogen-bond donors (Lipinski definition) is 2. The van der Waals surface area contributed by atoms with E-state index in [1.54, 1.807) is 44.2 Å². The van der Waals surface area contributed by atoms with Crippen LogP contribution in [0.5, 0.6) is 28.9 Å². The molecule has 3 aromatic rings. The Bertz CT molecular complexity index is 1170. The molecule has 2 amide bonds. The summed E-state index contributed by atoms with van der Waals surface area (Å²) in [6, 6.07) is 12.4. The molecule has 0 spiro atoms. The van der Waals surface area contributed by atoms with E-state index >= 15 is 0 Å². The Labute approximate surface area is 186 Å². The number of pyridine rings is 1. The monoisotopic (exact) mass is 461 g/mol. The van der Waals surface area contributed by atoms with Crippen LogP contribution in [-0.2, 0) is 0 Å². The highest BCUT2D eigenvalue weighted by Gasteiger charge is 2.34. The van der Waals surface area contributed by atoms with Crippen LogP contribution in [0, 0.1) is 0 Å². The van der Waals surface area contributed by atoms with Crippen LogP contribution in [0.25, 0.3) is 0 Å². The first kappa shape index (κ1) is 22.1. The zero-order valence-electron chi connectivity index (χ0n) is 17.4. The van der Waals surface area contributed by atoms with Crippen molar-refractivity contribution in [3.8, 4) is 28.9 Å². The number of amides is 2. The number of para-hydroxylation sites is 1. The van der Waals surface area contributed by atoms with Crippen LogP contribution in [-0.4, -0.2) is 23.2 Å². The van der Waals surface area contributed by atoms with Gasteiger partial charge in [-0.05, 0) is 48.5 Å². The number of ether oxygens (including phenoxy) is 4. The Hall–Kier alpha value is -4.15. The molecule has 4 rings (SSSR count). The summed E-state index contributed by atoms with van der Waals surface area (Å²) >= 11 is 0. The minimum Gasteiger partial charge on any atom is -0.449 e. The lowest BCUT2D eigenvalue weighted by Gasteiger charge is -2.17. The molecule has 0 atom stereocenters. The van der Waals surface area contributed by atoms with Crippen LogP contribution >= 0.6 is 0 Å². The van der Waals surface area contributed by atoms with Crippen molar-refractivity contribution in [2.24, 2.45) is 0 Å². The van der Waals surface area contributed by atoms with Crippen molar-refractivity contribution in [1.82, 2.24) is 4.98 Å². The van der Waals surface area contributed by atoms with E-state index in [4.69, 9.17) is 14.2 Å². The van der Waals surface area contributed by atoms with E-state index < -0.39 is 23.9 Å². The fraction of sp³-hybridized carbons (Fsp3) is 0.182. The molecule has 11 heteroatoms. The maximum Gasteiger partial charge on any atom is 0.573 e. The van der Waals surface area contributed by atoms with Crippen LogP contribution in [0.1, 0.15) is 13.8 Å². The van der Waals surface area contributed by atoms with Crippen molar-refractivity contribution in [3.05, 3.63) is 60.8 Å². The summed E-state index contributed by atoms with van der Waals surface area (Å²) in [4.78, 5) is 16.6. The summed E-state index contributed by atoms with van der Waals surface area (Å²) in [5.74, 6) is 0.112. The second-order valence-corrected chi connectivity index (χ2v) is 7.30. The lowest BCUT2D eigenvalue weighted by molar-refractivity contribution is -0.274. The summed E-state index contributed by atoms with van der Waals surface area (Å²) in [6.45, 7) is 3.52. The van der Waals surface area contributed by atoms with Gasteiger partial charge in [0.2, 0.25) is 17.4 Å². The van der Waals surface area contributed by atoms with E-state index in [0.717, 1.165) is 12.1 Å². The molecule has 2 N–H and O–H groups in total. The standard InChI is InChI=1S/C22H18F3N3O5/c1-21(2)32-17-7-3-6-16(18(17)33-21)30-19-15(5-4-12-26-19)28-20(29)27-13-8-10-14(11-9-13)31-22(23,24)25/h3-12H,1-2H3,(H2,27,28,29). The average molecular weight is 461 g/mol. The summed E-state index contributed by atoms with van der Waals surface area (Å²) in [5.41, 5.74) is 0.504. The first-order chi connectivity index (χ1) is 15.6. The molecular formula is C22H18F3N3O5. The number of nitrogens with one attached hydrogen (secondary N) is 2. The van der Waals surface area contributed by atoms with Gasteiger partial charge in [-0.25, -0.2) is 9.78 Å². The number of fused-ring (bicyclic) bond motifs is 1. The second-order valence-electron chi connectivity index (χ2n) is 7.30. The largest absolute Gasteiger partial charge is 0.573 e. The van der Waals surface area contributed by atoms with Gasteiger partial charge in [0, 0.05) is 25.7 Å².